The molecule has 0 aromatic heterocycles. The Labute approximate surface area is 110 Å². The van der Waals surface area contributed by atoms with Crippen molar-refractivity contribution in [3.05, 3.63) is 29.8 Å². The number of sulfone groups is 1. The van der Waals surface area contributed by atoms with E-state index >= 15 is 0 Å². The van der Waals surface area contributed by atoms with Crippen LogP contribution < -0.4 is 4.90 Å². The van der Waals surface area contributed by atoms with Gasteiger partial charge in [-0.3, -0.25) is 0 Å². The maximum absolute atomic E-state index is 11.4. The second-order valence-electron chi connectivity index (χ2n) is 5.31. The summed E-state index contributed by atoms with van der Waals surface area (Å²) in [5.74, 6) is 1.22. The molecule has 3 nitrogen and oxygen atoms in total. The molecule has 1 fully saturated rings. The molecule has 1 aliphatic heterocycles. The molecule has 2 rings (SSSR count). The summed E-state index contributed by atoms with van der Waals surface area (Å²) in [7, 11) is -0.663. The van der Waals surface area contributed by atoms with Crippen molar-refractivity contribution in [1.82, 2.24) is 0 Å². The largest absolute Gasteiger partial charge is 0.374 e. The molecule has 1 aromatic carbocycles. The quantitative estimate of drug-likeness (QED) is 0.843. The summed E-state index contributed by atoms with van der Waals surface area (Å²) in [6.07, 6.45) is 1.61. The lowest BCUT2D eigenvalue weighted by molar-refractivity contribution is 0.466. The van der Waals surface area contributed by atoms with Gasteiger partial charge in [-0.15, -0.1) is 0 Å². The van der Waals surface area contributed by atoms with E-state index in [-0.39, 0.29) is 0 Å². The third kappa shape index (κ3) is 3.48. The van der Waals surface area contributed by atoms with Crippen molar-refractivity contribution in [3.8, 4) is 0 Å². The van der Waals surface area contributed by atoms with Crippen molar-refractivity contribution in [2.45, 2.75) is 19.8 Å². The van der Waals surface area contributed by atoms with Gasteiger partial charge in [0.05, 0.1) is 11.5 Å². The van der Waals surface area contributed by atoms with Gasteiger partial charge in [-0.25, -0.2) is 8.42 Å². The zero-order valence-corrected chi connectivity index (χ0v) is 11.9. The molecule has 4 heteroatoms. The zero-order chi connectivity index (χ0) is 13.2. The van der Waals surface area contributed by atoms with Crippen LogP contribution in [0.25, 0.3) is 0 Å². The van der Waals surface area contributed by atoms with Crippen molar-refractivity contribution in [3.63, 3.8) is 0 Å². The average Bonchev–Trinajstić information content (AvgIpc) is 2.33. The molecule has 0 bridgehead atoms. The maximum atomic E-state index is 11.4. The normalized spacial score (nSPS) is 19.7. The highest BCUT2D eigenvalue weighted by Gasteiger charge is 2.24. The minimum absolute atomic E-state index is 0.361. The summed E-state index contributed by atoms with van der Waals surface area (Å²) in [6, 6.07) is 8.46. The molecule has 1 aliphatic rings. The van der Waals surface area contributed by atoms with Gasteiger partial charge in [0.1, 0.15) is 9.84 Å². The van der Waals surface area contributed by atoms with E-state index in [4.69, 9.17) is 0 Å². The maximum Gasteiger partial charge on any atom is 0.150 e. The van der Waals surface area contributed by atoms with Crippen LogP contribution in [-0.2, 0) is 9.84 Å². The van der Waals surface area contributed by atoms with Gasteiger partial charge in [0.25, 0.3) is 0 Å². The van der Waals surface area contributed by atoms with Crippen LogP contribution in [0.1, 0.15) is 18.4 Å². The Morgan fingerprint density at radius 2 is 1.72 bits per heavy atom. The fraction of sp³-hybridized carbons (Fsp3) is 0.571. The topological polar surface area (TPSA) is 37.4 Å². The van der Waals surface area contributed by atoms with Gasteiger partial charge < -0.3 is 4.90 Å². The summed E-state index contributed by atoms with van der Waals surface area (Å²) >= 11 is 0. The molecule has 0 aliphatic carbocycles. The van der Waals surface area contributed by atoms with E-state index < -0.39 is 9.84 Å². The summed E-state index contributed by atoms with van der Waals surface area (Å²) in [4.78, 5) is 2.22. The van der Waals surface area contributed by atoms with Gasteiger partial charge in [0.15, 0.2) is 0 Å². The molecule has 0 saturated carbocycles. The Morgan fingerprint density at radius 1 is 1.17 bits per heavy atom. The van der Waals surface area contributed by atoms with E-state index in [1.54, 1.807) is 0 Å². The van der Waals surface area contributed by atoms with Gasteiger partial charge in [-0.05, 0) is 37.8 Å². The summed E-state index contributed by atoms with van der Waals surface area (Å²) < 4.78 is 22.8. The minimum Gasteiger partial charge on any atom is -0.374 e. The number of hydrogen-bond acceptors (Lipinski definition) is 3. The van der Waals surface area contributed by atoms with Crippen LogP contribution in [0.3, 0.4) is 0 Å². The first kappa shape index (κ1) is 13.4. The van der Waals surface area contributed by atoms with Crippen LogP contribution in [0.15, 0.2) is 24.3 Å². The van der Waals surface area contributed by atoms with Crippen LogP contribution >= 0.6 is 0 Å². The smallest absolute Gasteiger partial charge is 0.150 e. The second kappa shape index (κ2) is 5.31. The Bertz CT molecular complexity index is 479. The zero-order valence-electron chi connectivity index (χ0n) is 11.1. The van der Waals surface area contributed by atoms with Gasteiger partial charge in [-0.2, -0.15) is 0 Å². The second-order valence-corrected chi connectivity index (χ2v) is 7.61. The number of anilines is 1. The molecule has 100 valence electrons. The average molecular weight is 267 g/mol. The lowest BCUT2D eigenvalue weighted by Gasteiger charge is -2.28. The van der Waals surface area contributed by atoms with Gasteiger partial charge >= 0.3 is 0 Å². The predicted octanol–water partition coefficient (Wildman–Crippen LogP) is 2.26. The van der Waals surface area contributed by atoms with E-state index in [2.05, 4.69) is 43.1 Å². The Hall–Kier alpha value is -1.03. The van der Waals surface area contributed by atoms with Crippen LogP contribution in [-0.4, -0.2) is 33.5 Å². The highest BCUT2D eigenvalue weighted by Crippen LogP contribution is 2.22. The van der Waals surface area contributed by atoms with Crippen molar-refractivity contribution in [1.29, 1.82) is 0 Å². The molecule has 0 atom stereocenters. The minimum atomic E-state index is -2.74. The van der Waals surface area contributed by atoms with Crippen LogP contribution in [0.4, 0.5) is 5.69 Å². The molecular weight excluding hydrogens is 246 g/mol. The fourth-order valence-corrected chi connectivity index (χ4v) is 4.00. The molecule has 0 N–H and O–H groups in total. The van der Waals surface area contributed by atoms with Crippen LogP contribution in [0.2, 0.25) is 0 Å². The van der Waals surface area contributed by atoms with Gasteiger partial charge in [-0.1, -0.05) is 17.7 Å². The van der Waals surface area contributed by atoms with E-state index in [9.17, 15) is 8.42 Å². The first-order valence-corrected chi connectivity index (χ1v) is 8.27. The number of aryl methyl sites for hydroxylation is 1. The lowest BCUT2D eigenvalue weighted by Crippen LogP contribution is -2.32. The first-order valence-electron chi connectivity index (χ1n) is 6.44. The molecule has 0 spiro atoms. The molecule has 1 aromatic rings. The summed E-state index contributed by atoms with van der Waals surface area (Å²) in [6.45, 7) is 3.02. The number of rotatable bonds is 3. The molecule has 1 saturated heterocycles. The Morgan fingerprint density at radius 3 is 2.28 bits per heavy atom. The summed E-state index contributed by atoms with van der Waals surface area (Å²) in [5, 5.41) is 0. The SMILES string of the molecule is Cc1ccc(N(C)CC2CCS(=O)(=O)CC2)cc1. The van der Waals surface area contributed by atoms with E-state index in [1.807, 2.05) is 0 Å². The van der Waals surface area contributed by atoms with Crippen molar-refractivity contribution in [2.75, 3.05) is 30.0 Å². The predicted molar refractivity (Wildman–Crippen MR) is 75.8 cm³/mol. The van der Waals surface area contributed by atoms with E-state index in [0.29, 0.717) is 17.4 Å². The van der Waals surface area contributed by atoms with Gasteiger partial charge in [0, 0.05) is 19.3 Å². The Kier molecular flexibility index (Phi) is 3.95. The molecule has 0 amide bonds. The van der Waals surface area contributed by atoms with Crippen LogP contribution in [0.5, 0.6) is 0 Å². The molecule has 0 unspecified atom stereocenters. The molecular formula is C14H21NO2S. The highest BCUT2D eigenvalue weighted by atomic mass is 32.2. The Balaban J connectivity index is 1.92. The molecule has 1 heterocycles. The number of benzene rings is 1. The van der Waals surface area contributed by atoms with Crippen molar-refractivity contribution < 1.29 is 8.42 Å². The standard InChI is InChI=1S/C14H21NO2S/c1-12-3-5-14(6-4-12)15(2)11-13-7-9-18(16,17)10-8-13/h3-6,13H,7-11H2,1-2H3. The van der Waals surface area contributed by atoms with E-state index in [1.165, 1.54) is 11.3 Å². The van der Waals surface area contributed by atoms with E-state index in [0.717, 1.165) is 19.4 Å². The monoisotopic (exact) mass is 267 g/mol. The lowest BCUT2D eigenvalue weighted by atomic mass is 10.0. The third-order valence-electron chi connectivity index (χ3n) is 3.68. The molecule has 18 heavy (non-hydrogen) atoms. The van der Waals surface area contributed by atoms with Crippen molar-refractivity contribution >= 4 is 15.5 Å². The molecule has 0 radical (unpaired) electrons. The first-order chi connectivity index (χ1) is 8.46. The number of nitrogens with zero attached hydrogens (tertiary/aromatic N) is 1. The van der Waals surface area contributed by atoms with Crippen molar-refractivity contribution in [2.24, 2.45) is 5.92 Å². The van der Waals surface area contributed by atoms with Gasteiger partial charge in [0.2, 0.25) is 0 Å². The van der Waals surface area contributed by atoms with Crippen LogP contribution in [0, 0.1) is 12.8 Å². The number of hydrogen-bond donors (Lipinski definition) is 0. The third-order valence-corrected chi connectivity index (χ3v) is 5.40. The fourth-order valence-electron chi connectivity index (χ4n) is 2.41. The highest BCUT2D eigenvalue weighted by molar-refractivity contribution is 7.91. The summed E-state index contributed by atoms with van der Waals surface area (Å²) in [5.41, 5.74) is 2.46.